The zero-order valence-corrected chi connectivity index (χ0v) is 13.4. The highest BCUT2D eigenvalue weighted by Crippen LogP contribution is 2.30. The Morgan fingerprint density at radius 1 is 1.55 bits per heavy atom. The summed E-state index contributed by atoms with van der Waals surface area (Å²) in [5.41, 5.74) is 0.763. The SMILES string of the molecule is Cc1nc(C2CCCOC2)sc1C(=O)NCc1nnnn1C. The van der Waals surface area contributed by atoms with E-state index in [4.69, 9.17) is 4.74 Å². The van der Waals surface area contributed by atoms with E-state index < -0.39 is 0 Å². The lowest BCUT2D eigenvalue weighted by atomic mass is 10.0. The number of hydrogen-bond acceptors (Lipinski definition) is 7. The molecule has 9 heteroatoms. The number of amides is 1. The first-order valence-corrected chi connectivity index (χ1v) is 8.01. The van der Waals surface area contributed by atoms with Crippen LogP contribution in [0.4, 0.5) is 0 Å². The molecule has 0 saturated carbocycles. The van der Waals surface area contributed by atoms with Crippen LogP contribution in [0, 0.1) is 6.92 Å². The Balaban J connectivity index is 1.67. The number of tetrazole rings is 1. The van der Waals surface area contributed by atoms with Crippen LogP contribution in [0.15, 0.2) is 0 Å². The highest BCUT2D eigenvalue weighted by atomic mass is 32.1. The lowest BCUT2D eigenvalue weighted by Crippen LogP contribution is -2.24. The van der Waals surface area contributed by atoms with Gasteiger partial charge in [0.25, 0.3) is 5.91 Å². The minimum atomic E-state index is -0.138. The van der Waals surface area contributed by atoms with Crippen molar-refractivity contribution in [3.8, 4) is 0 Å². The zero-order valence-electron chi connectivity index (χ0n) is 12.6. The number of nitrogens with zero attached hydrogens (tertiary/aromatic N) is 5. The quantitative estimate of drug-likeness (QED) is 0.894. The fourth-order valence-electron chi connectivity index (χ4n) is 2.38. The van der Waals surface area contributed by atoms with Crippen LogP contribution in [0.25, 0.3) is 0 Å². The molecule has 1 N–H and O–H groups in total. The van der Waals surface area contributed by atoms with Gasteiger partial charge in [0.05, 0.1) is 23.9 Å². The molecule has 3 heterocycles. The van der Waals surface area contributed by atoms with Crippen molar-refractivity contribution in [3.05, 3.63) is 21.4 Å². The number of hydrogen-bond donors (Lipinski definition) is 1. The Hall–Kier alpha value is -1.87. The third kappa shape index (κ3) is 3.14. The van der Waals surface area contributed by atoms with E-state index in [0.717, 1.165) is 30.2 Å². The molecule has 8 nitrogen and oxygen atoms in total. The molecule has 1 unspecified atom stereocenters. The molecule has 0 aliphatic carbocycles. The standard InChI is InChI=1S/C13H18N6O2S/c1-8-11(12(20)14-6-10-16-17-18-19(10)2)22-13(15-8)9-4-3-5-21-7-9/h9H,3-7H2,1-2H3,(H,14,20). The molecule has 1 amide bonds. The average molecular weight is 322 g/mol. The number of nitrogens with one attached hydrogen (secondary N) is 1. The molecule has 1 saturated heterocycles. The minimum Gasteiger partial charge on any atom is -0.381 e. The van der Waals surface area contributed by atoms with E-state index in [1.54, 1.807) is 7.05 Å². The number of aromatic nitrogens is 5. The van der Waals surface area contributed by atoms with E-state index in [9.17, 15) is 4.79 Å². The van der Waals surface area contributed by atoms with Crippen molar-refractivity contribution < 1.29 is 9.53 Å². The highest BCUT2D eigenvalue weighted by Gasteiger charge is 2.23. The Morgan fingerprint density at radius 3 is 3.09 bits per heavy atom. The van der Waals surface area contributed by atoms with Crippen LogP contribution < -0.4 is 5.32 Å². The van der Waals surface area contributed by atoms with Crippen LogP contribution in [0.3, 0.4) is 0 Å². The monoisotopic (exact) mass is 322 g/mol. The molecule has 0 bridgehead atoms. The van der Waals surface area contributed by atoms with Gasteiger partial charge in [-0.2, -0.15) is 0 Å². The van der Waals surface area contributed by atoms with Crippen molar-refractivity contribution >= 4 is 17.2 Å². The van der Waals surface area contributed by atoms with Crippen molar-refractivity contribution in [1.82, 2.24) is 30.5 Å². The number of ether oxygens (including phenoxy) is 1. The third-order valence-electron chi connectivity index (χ3n) is 3.64. The van der Waals surface area contributed by atoms with Crippen LogP contribution in [0.5, 0.6) is 0 Å². The molecule has 2 aromatic heterocycles. The predicted octanol–water partition coefficient (Wildman–Crippen LogP) is 0.799. The summed E-state index contributed by atoms with van der Waals surface area (Å²) in [6.45, 7) is 3.67. The van der Waals surface area contributed by atoms with Gasteiger partial charge in [-0.1, -0.05) is 0 Å². The summed E-state index contributed by atoms with van der Waals surface area (Å²) in [5, 5.41) is 14.9. The maximum absolute atomic E-state index is 12.3. The smallest absolute Gasteiger partial charge is 0.263 e. The number of carbonyl (C=O) groups is 1. The normalized spacial score (nSPS) is 18.4. The van der Waals surface area contributed by atoms with Gasteiger partial charge in [0.15, 0.2) is 5.82 Å². The first kappa shape index (κ1) is 15.0. The number of carbonyl (C=O) groups excluding carboxylic acids is 1. The van der Waals surface area contributed by atoms with Crippen LogP contribution in [-0.4, -0.2) is 44.3 Å². The Bertz CT molecular complexity index is 661. The molecule has 0 aromatic carbocycles. The second-order valence-electron chi connectivity index (χ2n) is 5.28. The van der Waals surface area contributed by atoms with E-state index >= 15 is 0 Å². The maximum atomic E-state index is 12.3. The summed E-state index contributed by atoms with van der Waals surface area (Å²) in [5.74, 6) is 0.777. The van der Waals surface area contributed by atoms with Crippen molar-refractivity contribution in [1.29, 1.82) is 0 Å². The molecule has 1 fully saturated rings. The molecular weight excluding hydrogens is 304 g/mol. The second-order valence-corrected chi connectivity index (χ2v) is 6.31. The number of aryl methyl sites for hydroxylation is 2. The van der Waals surface area contributed by atoms with Gasteiger partial charge in [0.1, 0.15) is 4.88 Å². The van der Waals surface area contributed by atoms with Gasteiger partial charge >= 0.3 is 0 Å². The van der Waals surface area contributed by atoms with E-state index in [1.807, 2.05) is 6.92 Å². The lowest BCUT2D eigenvalue weighted by molar-refractivity contribution is 0.0803. The van der Waals surface area contributed by atoms with Crippen LogP contribution in [-0.2, 0) is 18.3 Å². The van der Waals surface area contributed by atoms with Crippen molar-refractivity contribution in [2.75, 3.05) is 13.2 Å². The molecule has 1 atom stereocenters. The van der Waals surface area contributed by atoms with Gasteiger partial charge in [0, 0.05) is 19.6 Å². The fraction of sp³-hybridized carbons (Fsp3) is 0.615. The molecule has 1 aliphatic rings. The molecule has 22 heavy (non-hydrogen) atoms. The van der Waals surface area contributed by atoms with Crippen molar-refractivity contribution in [2.24, 2.45) is 7.05 Å². The topological polar surface area (TPSA) is 94.8 Å². The molecule has 2 aromatic rings. The van der Waals surface area contributed by atoms with E-state index in [1.165, 1.54) is 16.0 Å². The molecular formula is C13H18N6O2S. The molecule has 0 spiro atoms. The Kier molecular flexibility index (Phi) is 4.44. The maximum Gasteiger partial charge on any atom is 0.263 e. The zero-order chi connectivity index (χ0) is 15.5. The van der Waals surface area contributed by atoms with Gasteiger partial charge in [-0.05, 0) is 30.2 Å². The van der Waals surface area contributed by atoms with E-state index in [-0.39, 0.29) is 5.91 Å². The first-order valence-electron chi connectivity index (χ1n) is 7.19. The van der Waals surface area contributed by atoms with E-state index in [2.05, 4.69) is 25.8 Å². The second kappa shape index (κ2) is 6.49. The molecule has 118 valence electrons. The Labute approximate surface area is 131 Å². The molecule has 1 aliphatic heterocycles. The van der Waals surface area contributed by atoms with Crippen LogP contribution in [0.2, 0.25) is 0 Å². The van der Waals surface area contributed by atoms with Crippen LogP contribution in [0.1, 0.15) is 45.0 Å². The largest absolute Gasteiger partial charge is 0.381 e. The van der Waals surface area contributed by atoms with Crippen LogP contribution >= 0.6 is 11.3 Å². The summed E-state index contributed by atoms with van der Waals surface area (Å²) in [6.07, 6.45) is 2.11. The molecule has 0 radical (unpaired) electrons. The third-order valence-corrected chi connectivity index (χ3v) is 4.96. The van der Waals surface area contributed by atoms with E-state index in [0.29, 0.717) is 29.8 Å². The fourth-order valence-corrected chi connectivity index (χ4v) is 3.48. The summed E-state index contributed by atoms with van der Waals surface area (Å²) >= 11 is 1.45. The highest BCUT2D eigenvalue weighted by molar-refractivity contribution is 7.13. The van der Waals surface area contributed by atoms with Gasteiger partial charge < -0.3 is 10.1 Å². The lowest BCUT2D eigenvalue weighted by Gasteiger charge is -2.19. The van der Waals surface area contributed by atoms with Crippen molar-refractivity contribution in [3.63, 3.8) is 0 Å². The number of rotatable bonds is 4. The average Bonchev–Trinajstić information content (AvgIpc) is 3.12. The van der Waals surface area contributed by atoms with Gasteiger partial charge in [-0.25, -0.2) is 9.67 Å². The molecule has 3 rings (SSSR count). The van der Waals surface area contributed by atoms with Gasteiger partial charge in [0.2, 0.25) is 0 Å². The summed E-state index contributed by atoms with van der Waals surface area (Å²) in [6, 6.07) is 0. The summed E-state index contributed by atoms with van der Waals surface area (Å²) in [4.78, 5) is 17.5. The van der Waals surface area contributed by atoms with Crippen molar-refractivity contribution in [2.45, 2.75) is 32.2 Å². The van der Waals surface area contributed by atoms with Gasteiger partial charge in [-0.3, -0.25) is 4.79 Å². The minimum absolute atomic E-state index is 0.138. The number of thiazole rings is 1. The Morgan fingerprint density at radius 2 is 2.41 bits per heavy atom. The first-order chi connectivity index (χ1) is 10.6. The van der Waals surface area contributed by atoms with Gasteiger partial charge in [-0.15, -0.1) is 16.4 Å². The summed E-state index contributed by atoms with van der Waals surface area (Å²) in [7, 11) is 1.74. The summed E-state index contributed by atoms with van der Waals surface area (Å²) < 4.78 is 7.03. The predicted molar refractivity (Wildman–Crippen MR) is 79.6 cm³/mol.